The molecule has 1 saturated carbocycles. The molecule has 1 heterocycles. The van der Waals surface area contributed by atoms with Crippen molar-refractivity contribution in [1.82, 2.24) is 15.3 Å². The molecule has 5 nitrogen and oxygen atoms in total. The Morgan fingerprint density at radius 2 is 2.18 bits per heavy atom. The Bertz CT molecular complexity index is 709. The second-order valence-electron chi connectivity index (χ2n) is 6.12. The lowest BCUT2D eigenvalue weighted by atomic mass is 9.80. The van der Waals surface area contributed by atoms with E-state index in [1.165, 1.54) is 24.8 Å². The van der Waals surface area contributed by atoms with E-state index in [0.717, 1.165) is 17.3 Å². The number of benzene rings is 1. The van der Waals surface area contributed by atoms with Crippen molar-refractivity contribution in [2.24, 2.45) is 0 Å². The third kappa shape index (κ3) is 2.75. The van der Waals surface area contributed by atoms with Gasteiger partial charge in [0.05, 0.1) is 5.52 Å². The first-order valence-corrected chi connectivity index (χ1v) is 7.96. The first-order chi connectivity index (χ1) is 10.6. The van der Waals surface area contributed by atoms with Gasteiger partial charge >= 0.3 is 0 Å². The van der Waals surface area contributed by atoms with E-state index in [4.69, 9.17) is 5.73 Å². The van der Waals surface area contributed by atoms with Crippen molar-refractivity contribution in [3.8, 4) is 0 Å². The van der Waals surface area contributed by atoms with Crippen molar-refractivity contribution < 1.29 is 4.79 Å². The van der Waals surface area contributed by atoms with Gasteiger partial charge in [-0.1, -0.05) is 19.4 Å². The van der Waals surface area contributed by atoms with E-state index >= 15 is 0 Å². The summed E-state index contributed by atoms with van der Waals surface area (Å²) in [5.74, 6) is 0.560. The Labute approximate surface area is 130 Å². The first-order valence-electron chi connectivity index (χ1n) is 7.96. The minimum atomic E-state index is -0.181. The minimum Gasteiger partial charge on any atom is -0.368 e. The van der Waals surface area contributed by atoms with E-state index in [9.17, 15) is 4.79 Å². The van der Waals surface area contributed by atoms with Crippen LogP contribution in [0.2, 0.25) is 0 Å². The van der Waals surface area contributed by atoms with Crippen LogP contribution in [0.1, 0.15) is 61.5 Å². The highest BCUT2D eigenvalue weighted by Gasteiger charge is 2.22. The predicted molar refractivity (Wildman–Crippen MR) is 87.8 cm³/mol. The quantitative estimate of drug-likeness (QED) is 0.909. The van der Waals surface area contributed by atoms with Gasteiger partial charge in [-0.15, -0.1) is 0 Å². The Hall–Kier alpha value is -2.17. The van der Waals surface area contributed by atoms with Gasteiger partial charge in [0.15, 0.2) is 0 Å². The Morgan fingerprint density at radius 1 is 1.41 bits per heavy atom. The number of carbonyl (C=O) groups is 1. The lowest BCUT2D eigenvalue weighted by Crippen LogP contribution is -2.33. The number of nitrogens with zero attached hydrogens (tertiary/aromatic N) is 2. The van der Waals surface area contributed by atoms with Gasteiger partial charge in [-0.2, -0.15) is 0 Å². The second kappa shape index (κ2) is 5.91. The topological polar surface area (TPSA) is 80.9 Å². The van der Waals surface area contributed by atoms with Gasteiger partial charge in [-0.05, 0) is 49.8 Å². The normalized spacial score (nSPS) is 16.3. The zero-order valence-electron chi connectivity index (χ0n) is 13.1. The highest BCUT2D eigenvalue weighted by atomic mass is 16.1. The molecule has 1 unspecified atom stereocenters. The van der Waals surface area contributed by atoms with Gasteiger partial charge in [0.2, 0.25) is 5.95 Å². The number of amides is 1. The lowest BCUT2D eigenvalue weighted by molar-refractivity contribution is 0.0936. The number of hydrogen-bond acceptors (Lipinski definition) is 4. The molecule has 5 heteroatoms. The maximum Gasteiger partial charge on any atom is 0.270 e. The summed E-state index contributed by atoms with van der Waals surface area (Å²) in [5, 5.41) is 3.75. The van der Waals surface area contributed by atoms with E-state index in [0.29, 0.717) is 11.6 Å². The van der Waals surface area contributed by atoms with Crippen molar-refractivity contribution in [2.75, 3.05) is 5.73 Å². The Balaban J connectivity index is 2.04. The molecule has 1 aromatic carbocycles. The summed E-state index contributed by atoms with van der Waals surface area (Å²) in [6.45, 7) is 4.01. The van der Waals surface area contributed by atoms with Crippen molar-refractivity contribution in [2.45, 2.75) is 51.5 Å². The Kier molecular flexibility index (Phi) is 3.96. The molecule has 3 rings (SSSR count). The third-order valence-electron chi connectivity index (χ3n) is 4.52. The molecule has 22 heavy (non-hydrogen) atoms. The highest BCUT2D eigenvalue weighted by molar-refractivity contribution is 6.05. The summed E-state index contributed by atoms with van der Waals surface area (Å²) in [7, 11) is 0. The fraction of sp³-hybridized carbons (Fsp3) is 0.471. The number of hydrogen-bond donors (Lipinski definition) is 2. The smallest absolute Gasteiger partial charge is 0.270 e. The lowest BCUT2D eigenvalue weighted by Gasteiger charge is -2.26. The van der Waals surface area contributed by atoms with Crippen LogP contribution in [0.15, 0.2) is 18.2 Å². The summed E-state index contributed by atoms with van der Waals surface area (Å²) in [6, 6.07) is 6.20. The standard InChI is InChI=1S/C17H22N4O/c1-3-10(2)19-16(22)15-13-9-12(11-5-4-6-11)7-8-14(13)20-17(18)21-15/h7-11H,3-6H2,1-2H3,(H,19,22)(H2,18,20,21). The van der Waals surface area contributed by atoms with Gasteiger partial charge in [-0.3, -0.25) is 4.79 Å². The summed E-state index contributed by atoms with van der Waals surface area (Å²) in [6.07, 6.45) is 4.59. The summed E-state index contributed by atoms with van der Waals surface area (Å²) in [5.41, 5.74) is 8.13. The minimum absolute atomic E-state index is 0.105. The number of aromatic nitrogens is 2. The zero-order chi connectivity index (χ0) is 15.7. The Morgan fingerprint density at radius 3 is 2.82 bits per heavy atom. The maximum absolute atomic E-state index is 12.5. The number of nitrogens with one attached hydrogen (secondary N) is 1. The third-order valence-corrected chi connectivity index (χ3v) is 4.52. The van der Waals surface area contributed by atoms with E-state index in [1.807, 2.05) is 19.9 Å². The van der Waals surface area contributed by atoms with Crippen LogP contribution in [0, 0.1) is 0 Å². The summed E-state index contributed by atoms with van der Waals surface area (Å²) in [4.78, 5) is 20.9. The monoisotopic (exact) mass is 298 g/mol. The van der Waals surface area contributed by atoms with Gasteiger partial charge < -0.3 is 11.1 Å². The average molecular weight is 298 g/mol. The number of fused-ring (bicyclic) bond motifs is 1. The summed E-state index contributed by atoms with van der Waals surface area (Å²) >= 11 is 0. The molecule has 0 aliphatic heterocycles. The molecule has 0 spiro atoms. The van der Waals surface area contributed by atoms with Crippen LogP contribution in [0.5, 0.6) is 0 Å². The molecule has 3 N–H and O–H groups in total. The molecule has 1 fully saturated rings. The second-order valence-corrected chi connectivity index (χ2v) is 6.12. The van der Waals surface area contributed by atoms with Crippen LogP contribution in [-0.4, -0.2) is 21.9 Å². The highest BCUT2D eigenvalue weighted by Crippen LogP contribution is 2.37. The fourth-order valence-corrected chi connectivity index (χ4v) is 2.73. The molecular weight excluding hydrogens is 276 g/mol. The van der Waals surface area contributed by atoms with Crippen LogP contribution in [-0.2, 0) is 0 Å². The van der Waals surface area contributed by atoms with Crippen LogP contribution in [0.25, 0.3) is 10.9 Å². The predicted octanol–water partition coefficient (Wildman–Crippen LogP) is 3.01. The molecule has 0 bridgehead atoms. The largest absolute Gasteiger partial charge is 0.368 e. The zero-order valence-corrected chi connectivity index (χ0v) is 13.1. The van der Waals surface area contributed by atoms with E-state index in [2.05, 4.69) is 27.4 Å². The van der Waals surface area contributed by atoms with Crippen molar-refractivity contribution in [3.05, 3.63) is 29.5 Å². The maximum atomic E-state index is 12.5. The SMILES string of the molecule is CCC(C)NC(=O)c1nc(N)nc2ccc(C3CCC3)cc12. The van der Waals surface area contributed by atoms with Crippen molar-refractivity contribution >= 4 is 22.8 Å². The van der Waals surface area contributed by atoms with Crippen molar-refractivity contribution in [3.63, 3.8) is 0 Å². The fourth-order valence-electron chi connectivity index (χ4n) is 2.73. The molecule has 1 aromatic heterocycles. The molecule has 116 valence electrons. The number of nitrogen functional groups attached to an aromatic ring is 1. The molecule has 2 aromatic rings. The molecule has 1 aliphatic carbocycles. The molecule has 1 amide bonds. The van der Waals surface area contributed by atoms with E-state index < -0.39 is 0 Å². The molecule has 0 saturated heterocycles. The van der Waals surface area contributed by atoms with Crippen LogP contribution >= 0.6 is 0 Å². The van der Waals surface area contributed by atoms with E-state index in [-0.39, 0.29) is 17.9 Å². The number of carbonyl (C=O) groups excluding carboxylic acids is 1. The first kappa shape index (κ1) is 14.8. The van der Waals surface area contributed by atoms with Crippen LogP contribution in [0.4, 0.5) is 5.95 Å². The number of anilines is 1. The number of rotatable bonds is 4. The van der Waals surface area contributed by atoms with Gasteiger partial charge in [0.25, 0.3) is 5.91 Å². The molecular formula is C17H22N4O. The average Bonchev–Trinajstić information content (AvgIpc) is 2.44. The van der Waals surface area contributed by atoms with E-state index in [1.54, 1.807) is 0 Å². The molecule has 1 atom stereocenters. The number of nitrogens with two attached hydrogens (primary N) is 1. The van der Waals surface area contributed by atoms with Gasteiger partial charge in [-0.25, -0.2) is 9.97 Å². The molecule has 0 radical (unpaired) electrons. The van der Waals surface area contributed by atoms with Crippen LogP contribution in [0.3, 0.4) is 0 Å². The van der Waals surface area contributed by atoms with Crippen LogP contribution < -0.4 is 11.1 Å². The molecule has 1 aliphatic rings. The van der Waals surface area contributed by atoms with Gasteiger partial charge in [0.1, 0.15) is 5.69 Å². The van der Waals surface area contributed by atoms with Gasteiger partial charge in [0, 0.05) is 11.4 Å². The summed E-state index contributed by atoms with van der Waals surface area (Å²) < 4.78 is 0. The van der Waals surface area contributed by atoms with Crippen molar-refractivity contribution in [1.29, 1.82) is 0 Å².